The van der Waals surface area contributed by atoms with E-state index >= 15 is 0 Å². The normalized spacial score (nSPS) is 9.97. The minimum Gasteiger partial charge on any atom is -0.497 e. The molecule has 156 valence electrons. The van der Waals surface area contributed by atoms with E-state index in [2.05, 4.69) is 5.32 Å². The molecule has 0 saturated heterocycles. The number of benzene rings is 2. The zero-order valence-corrected chi connectivity index (χ0v) is 16.9. The molecule has 1 amide bonds. The summed E-state index contributed by atoms with van der Waals surface area (Å²) in [4.78, 5) is 24.5. The number of anilines is 1. The maximum Gasteiger partial charge on any atom is 0.338 e. The predicted octanol–water partition coefficient (Wildman–Crippen LogP) is 2.53. The Morgan fingerprint density at radius 1 is 0.759 bits per heavy atom. The zero-order valence-electron chi connectivity index (χ0n) is 16.9. The number of hydrogen-bond acceptors (Lipinski definition) is 8. The van der Waals surface area contributed by atoms with Crippen LogP contribution in [0.2, 0.25) is 0 Å². The lowest BCUT2D eigenvalue weighted by Gasteiger charge is -2.14. The van der Waals surface area contributed by atoms with Crippen LogP contribution in [0.15, 0.2) is 30.3 Å². The summed E-state index contributed by atoms with van der Waals surface area (Å²) < 4.78 is 31.0. The Balaban J connectivity index is 2.06. The van der Waals surface area contributed by atoms with E-state index in [0.29, 0.717) is 34.4 Å². The number of hydrogen-bond donors (Lipinski definition) is 1. The van der Waals surface area contributed by atoms with Gasteiger partial charge in [-0.25, -0.2) is 4.79 Å². The van der Waals surface area contributed by atoms with Gasteiger partial charge in [0, 0.05) is 23.9 Å². The SMILES string of the molecule is COc1cc(NC(=O)COC(=O)c2cc(OC)c(OC)c(OC)c2)cc(OC)c1. The lowest BCUT2D eigenvalue weighted by atomic mass is 10.2. The molecular formula is C20H23NO8. The molecule has 1 N–H and O–H groups in total. The molecule has 0 bridgehead atoms. The molecule has 0 heterocycles. The van der Waals surface area contributed by atoms with Gasteiger partial charge in [-0.1, -0.05) is 0 Å². The molecule has 9 nitrogen and oxygen atoms in total. The monoisotopic (exact) mass is 405 g/mol. The second kappa shape index (κ2) is 10.1. The Labute approximate surface area is 168 Å². The topological polar surface area (TPSA) is 102 Å². The number of rotatable bonds is 9. The molecule has 0 aliphatic carbocycles. The van der Waals surface area contributed by atoms with Crippen LogP contribution in [0.4, 0.5) is 5.69 Å². The van der Waals surface area contributed by atoms with Gasteiger partial charge in [-0.05, 0) is 12.1 Å². The van der Waals surface area contributed by atoms with Crippen molar-refractivity contribution in [2.24, 2.45) is 0 Å². The van der Waals surface area contributed by atoms with Crippen molar-refractivity contribution in [1.82, 2.24) is 0 Å². The standard InChI is InChI=1S/C20H23NO8/c1-24-14-8-13(9-15(10-14)25-2)21-18(22)11-29-20(23)12-6-16(26-3)19(28-5)17(7-12)27-4/h6-10H,11H2,1-5H3,(H,21,22). The summed E-state index contributed by atoms with van der Waals surface area (Å²) in [6.07, 6.45) is 0. The summed E-state index contributed by atoms with van der Waals surface area (Å²) in [6, 6.07) is 7.77. The largest absolute Gasteiger partial charge is 0.497 e. The third kappa shape index (κ3) is 5.44. The van der Waals surface area contributed by atoms with E-state index in [0.717, 1.165) is 0 Å². The summed E-state index contributed by atoms with van der Waals surface area (Å²) in [6.45, 7) is -0.491. The van der Waals surface area contributed by atoms with Crippen molar-refractivity contribution in [3.8, 4) is 28.7 Å². The Bertz CT molecular complexity index is 834. The zero-order chi connectivity index (χ0) is 21.4. The summed E-state index contributed by atoms with van der Waals surface area (Å²) in [7, 11) is 7.32. The van der Waals surface area contributed by atoms with E-state index in [9.17, 15) is 9.59 Å². The molecule has 2 rings (SSSR count). The molecule has 0 saturated carbocycles. The molecule has 2 aromatic carbocycles. The van der Waals surface area contributed by atoms with Crippen LogP contribution >= 0.6 is 0 Å². The van der Waals surface area contributed by atoms with Gasteiger partial charge >= 0.3 is 5.97 Å². The fraction of sp³-hybridized carbons (Fsp3) is 0.300. The first kappa shape index (κ1) is 21.7. The van der Waals surface area contributed by atoms with Crippen LogP contribution in [-0.2, 0) is 9.53 Å². The number of nitrogens with one attached hydrogen (secondary N) is 1. The Morgan fingerprint density at radius 2 is 1.31 bits per heavy atom. The summed E-state index contributed by atoms with van der Waals surface area (Å²) in [5, 5.41) is 2.62. The van der Waals surface area contributed by atoms with Crippen molar-refractivity contribution in [3.63, 3.8) is 0 Å². The number of esters is 1. The van der Waals surface area contributed by atoms with E-state index in [1.54, 1.807) is 18.2 Å². The van der Waals surface area contributed by atoms with Crippen LogP contribution in [-0.4, -0.2) is 54.0 Å². The number of amides is 1. The quantitative estimate of drug-likeness (QED) is 0.635. The third-order valence-electron chi connectivity index (χ3n) is 3.87. The van der Waals surface area contributed by atoms with Gasteiger partial charge in [0.25, 0.3) is 5.91 Å². The molecule has 0 spiro atoms. The van der Waals surface area contributed by atoms with Gasteiger partial charge in [0.05, 0.1) is 41.1 Å². The average Bonchev–Trinajstić information content (AvgIpc) is 2.75. The lowest BCUT2D eigenvalue weighted by molar-refractivity contribution is -0.119. The smallest absolute Gasteiger partial charge is 0.338 e. The van der Waals surface area contributed by atoms with Crippen LogP contribution in [0.5, 0.6) is 28.7 Å². The highest BCUT2D eigenvalue weighted by atomic mass is 16.5. The molecular weight excluding hydrogens is 382 g/mol. The highest BCUT2D eigenvalue weighted by Gasteiger charge is 2.19. The molecule has 0 radical (unpaired) electrons. The first-order valence-corrected chi connectivity index (χ1v) is 8.45. The van der Waals surface area contributed by atoms with E-state index < -0.39 is 18.5 Å². The van der Waals surface area contributed by atoms with Gasteiger partial charge in [0.1, 0.15) is 11.5 Å². The Hall–Kier alpha value is -3.62. The van der Waals surface area contributed by atoms with Gasteiger partial charge < -0.3 is 33.7 Å². The van der Waals surface area contributed by atoms with E-state index in [1.165, 1.54) is 47.7 Å². The highest BCUT2D eigenvalue weighted by Crippen LogP contribution is 2.38. The predicted molar refractivity (Wildman–Crippen MR) is 105 cm³/mol. The van der Waals surface area contributed by atoms with Crippen molar-refractivity contribution in [2.45, 2.75) is 0 Å². The first-order valence-electron chi connectivity index (χ1n) is 8.45. The molecule has 29 heavy (non-hydrogen) atoms. The molecule has 0 unspecified atom stereocenters. The molecule has 0 atom stereocenters. The molecule has 9 heteroatoms. The van der Waals surface area contributed by atoms with Crippen molar-refractivity contribution in [2.75, 3.05) is 47.5 Å². The second-order valence-corrected chi connectivity index (χ2v) is 5.64. The lowest BCUT2D eigenvalue weighted by Crippen LogP contribution is -2.21. The number of methoxy groups -OCH3 is 5. The Kier molecular flexibility index (Phi) is 7.53. The van der Waals surface area contributed by atoms with Crippen molar-refractivity contribution >= 4 is 17.6 Å². The third-order valence-corrected chi connectivity index (χ3v) is 3.87. The van der Waals surface area contributed by atoms with Crippen LogP contribution in [0.1, 0.15) is 10.4 Å². The molecule has 0 aliphatic rings. The van der Waals surface area contributed by atoms with E-state index in [-0.39, 0.29) is 5.56 Å². The van der Waals surface area contributed by atoms with Crippen LogP contribution in [0, 0.1) is 0 Å². The minimum atomic E-state index is -0.720. The average molecular weight is 405 g/mol. The first-order chi connectivity index (χ1) is 13.9. The maximum atomic E-state index is 12.3. The van der Waals surface area contributed by atoms with Crippen LogP contribution < -0.4 is 29.0 Å². The van der Waals surface area contributed by atoms with Crippen molar-refractivity contribution in [3.05, 3.63) is 35.9 Å². The molecule has 2 aromatic rings. The van der Waals surface area contributed by atoms with Gasteiger partial charge in [-0.3, -0.25) is 4.79 Å². The minimum absolute atomic E-state index is 0.148. The number of carbonyl (C=O) groups is 2. The maximum absolute atomic E-state index is 12.3. The Morgan fingerprint density at radius 3 is 1.76 bits per heavy atom. The fourth-order valence-electron chi connectivity index (χ4n) is 2.49. The van der Waals surface area contributed by atoms with Crippen LogP contribution in [0.3, 0.4) is 0 Å². The number of carbonyl (C=O) groups excluding carboxylic acids is 2. The van der Waals surface area contributed by atoms with E-state index in [1.807, 2.05) is 0 Å². The van der Waals surface area contributed by atoms with E-state index in [4.69, 9.17) is 28.4 Å². The summed E-state index contributed by atoms with van der Waals surface area (Å²) >= 11 is 0. The van der Waals surface area contributed by atoms with Crippen molar-refractivity contribution < 1.29 is 38.0 Å². The van der Waals surface area contributed by atoms with Gasteiger partial charge in [-0.2, -0.15) is 0 Å². The van der Waals surface area contributed by atoms with Crippen molar-refractivity contribution in [1.29, 1.82) is 0 Å². The molecule has 0 aromatic heterocycles. The second-order valence-electron chi connectivity index (χ2n) is 5.64. The molecule has 0 aliphatic heterocycles. The van der Waals surface area contributed by atoms with Crippen LogP contribution in [0.25, 0.3) is 0 Å². The highest BCUT2D eigenvalue weighted by molar-refractivity contribution is 5.96. The fourth-order valence-corrected chi connectivity index (χ4v) is 2.49. The summed E-state index contributed by atoms with van der Waals surface area (Å²) in [5.74, 6) is 0.710. The molecule has 0 fully saturated rings. The van der Waals surface area contributed by atoms with Gasteiger partial charge in [-0.15, -0.1) is 0 Å². The van der Waals surface area contributed by atoms with Gasteiger partial charge in [0.2, 0.25) is 5.75 Å². The number of ether oxygens (including phenoxy) is 6. The van der Waals surface area contributed by atoms with Gasteiger partial charge in [0.15, 0.2) is 18.1 Å². The summed E-state index contributed by atoms with van der Waals surface area (Å²) in [5.41, 5.74) is 0.588.